The summed E-state index contributed by atoms with van der Waals surface area (Å²) in [5.74, 6) is -2.14. The molecule has 0 heterocycles. The molecule has 112 valence electrons. The first-order valence-electron chi connectivity index (χ1n) is 6.54. The van der Waals surface area contributed by atoms with Crippen molar-refractivity contribution in [3.63, 3.8) is 0 Å². The maximum Gasteiger partial charge on any atom is 0.323 e. The SMILES string of the molecule is CCCCOCC(O)CC(C)(C(=O)O)C(=O)OCC. The van der Waals surface area contributed by atoms with Crippen LogP contribution in [0, 0.1) is 5.41 Å². The van der Waals surface area contributed by atoms with Crippen LogP contribution in [0.15, 0.2) is 0 Å². The molecule has 6 nitrogen and oxygen atoms in total. The summed E-state index contributed by atoms with van der Waals surface area (Å²) in [4.78, 5) is 22.9. The molecule has 0 amide bonds. The second-order valence-electron chi connectivity index (χ2n) is 4.64. The van der Waals surface area contributed by atoms with E-state index in [9.17, 15) is 14.7 Å². The summed E-state index contributed by atoms with van der Waals surface area (Å²) in [6.07, 6.45) is 0.613. The lowest BCUT2D eigenvalue weighted by atomic mass is 9.84. The Morgan fingerprint density at radius 1 is 1.32 bits per heavy atom. The van der Waals surface area contributed by atoms with Crippen LogP contribution >= 0.6 is 0 Å². The zero-order valence-electron chi connectivity index (χ0n) is 11.8. The van der Waals surface area contributed by atoms with E-state index in [0.29, 0.717) is 6.61 Å². The fourth-order valence-corrected chi connectivity index (χ4v) is 1.54. The molecule has 0 aromatic rings. The van der Waals surface area contributed by atoms with Crippen LogP contribution in [0.5, 0.6) is 0 Å². The average molecular weight is 276 g/mol. The van der Waals surface area contributed by atoms with E-state index in [4.69, 9.17) is 14.6 Å². The number of hydrogen-bond acceptors (Lipinski definition) is 5. The number of hydrogen-bond donors (Lipinski definition) is 2. The van der Waals surface area contributed by atoms with E-state index in [1.54, 1.807) is 6.92 Å². The molecule has 0 saturated carbocycles. The Bertz CT molecular complexity index is 291. The highest BCUT2D eigenvalue weighted by atomic mass is 16.5. The molecule has 0 aromatic heterocycles. The van der Waals surface area contributed by atoms with Gasteiger partial charge in [-0.15, -0.1) is 0 Å². The Kier molecular flexibility index (Phi) is 8.34. The second kappa shape index (κ2) is 8.87. The number of aliphatic carboxylic acids is 1. The van der Waals surface area contributed by atoms with Gasteiger partial charge in [-0.25, -0.2) is 0 Å². The molecule has 0 bridgehead atoms. The summed E-state index contributed by atoms with van der Waals surface area (Å²) in [5.41, 5.74) is -1.75. The molecule has 0 saturated heterocycles. The minimum absolute atomic E-state index is 0.0161. The minimum atomic E-state index is -1.75. The van der Waals surface area contributed by atoms with E-state index < -0.39 is 23.5 Å². The topological polar surface area (TPSA) is 93.1 Å². The quantitative estimate of drug-likeness (QED) is 0.354. The zero-order chi connectivity index (χ0) is 14.9. The fourth-order valence-electron chi connectivity index (χ4n) is 1.54. The predicted octanol–water partition coefficient (Wildman–Crippen LogP) is 1.21. The van der Waals surface area contributed by atoms with Crippen LogP contribution < -0.4 is 0 Å². The highest BCUT2D eigenvalue weighted by Crippen LogP contribution is 2.26. The van der Waals surface area contributed by atoms with Gasteiger partial charge in [-0.1, -0.05) is 13.3 Å². The molecule has 0 fully saturated rings. The molecule has 0 radical (unpaired) electrons. The molecule has 2 N–H and O–H groups in total. The van der Waals surface area contributed by atoms with Gasteiger partial charge >= 0.3 is 11.9 Å². The molecule has 0 rings (SSSR count). The van der Waals surface area contributed by atoms with Crippen molar-refractivity contribution >= 4 is 11.9 Å². The van der Waals surface area contributed by atoms with Crippen molar-refractivity contribution < 1.29 is 29.3 Å². The van der Waals surface area contributed by atoms with Gasteiger partial charge in [0.25, 0.3) is 0 Å². The van der Waals surface area contributed by atoms with Gasteiger partial charge in [0.2, 0.25) is 0 Å². The van der Waals surface area contributed by atoms with Gasteiger partial charge < -0.3 is 19.7 Å². The lowest BCUT2D eigenvalue weighted by molar-refractivity contribution is -0.170. The monoisotopic (exact) mass is 276 g/mol. The molecular formula is C13H24O6. The van der Waals surface area contributed by atoms with Gasteiger partial charge in [0.05, 0.1) is 19.3 Å². The molecule has 0 aliphatic heterocycles. The first-order valence-corrected chi connectivity index (χ1v) is 6.54. The van der Waals surface area contributed by atoms with Gasteiger partial charge in [0.1, 0.15) is 0 Å². The number of carboxylic acid groups (broad SMARTS) is 1. The molecule has 0 aromatic carbocycles. The Balaban J connectivity index is 4.41. The fraction of sp³-hybridized carbons (Fsp3) is 0.846. The molecule has 0 spiro atoms. The number of esters is 1. The predicted molar refractivity (Wildman–Crippen MR) is 68.7 cm³/mol. The molecular weight excluding hydrogens is 252 g/mol. The smallest absolute Gasteiger partial charge is 0.323 e. The first-order chi connectivity index (χ1) is 8.88. The lowest BCUT2D eigenvalue weighted by Gasteiger charge is -2.25. The third-order valence-electron chi connectivity index (χ3n) is 2.79. The van der Waals surface area contributed by atoms with E-state index in [-0.39, 0.29) is 19.6 Å². The van der Waals surface area contributed by atoms with Crippen molar-refractivity contribution in [1.82, 2.24) is 0 Å². The van der Waals surface area contributed by atoms with Crippen LogP contribution in [0.4, 0.5) is 0 Å². The highest BCUT2D eigenvalue weighted by molar-refractivity contribution is 5.98. The number of aliphatic hydroxyl groups is 1. The maximum absolute atomic E-state index is 11.7. The Morgan fingerprint density at radius 2 is 1.95 bits per heavy atom. The largest absolute Gasteiger partial charge is 0.480 e. The zero-order valence-corrected chi connectivity index (χ0v) is 11.8. The van der Waals surface area contributed by atoms with E-state index in [1.165, 1.54) is 6.92 Å². The third-order valence-corrected chi connectivity index (χ3v) is 2.79. The summed E-state index contributed by atoms with van der Waals surface area (Å²) < 4.78 is 9.95. The van der Waals surface area contributed by atoms with Crippen LogP contribution in [0.25, 0.3) is 0 Å². The van der Waals surface area contributed by atoms with Crippen LogP contribution in [0.3, 0.4) is 0 Å². The van der Waals surface area contributed by atoms with E-state index >= 15 is 0 Å². The summed E-state index contributed by atoms with van der Waals surface area (Å²) in [6.45, 7) is 5.50. The Labute approximate surface area is 113 Å². The van der Waals surface area contributed by atoms with Gasteiger partial charge in [0.15, 0.2) is 5.41 Å². The van der Waals surface area contributed by atoms with Gasteiger partial charge in [0, 0.05) is 13.0 Å². The summed E-state index contributed by atoms with van der Waals surface area (Å²) in [5, 5.41) is 18.9. The van der Waals surface area contributed by atoms with Crippen molar-refractivity contribution in [2.24, 2.45) is 5.41 Å². The molecule has 0 aliphatic rings. The van der Waals surface area contributed by atoms with Crippen LogP contribution in [0.1, 0.15) is 40.0 Å². The first kappa shape index (κ1) is 17.9. The van der Waals surface area contributed by atoms with Crippen molar-refractivity contribution in [3.8, 4) is 0 Å². The summed E-state index contributed by atoms with van der Waals surface area (Å²) in [7, 11) is 0. The number of carboxylic acids is 1. The molecule has 19 heavy (non-hydrogen) atoms. The normalized spacial score (nSPS) is 15.6. The summed E-state index contributed by atoms with van der Waals surface area (Å²) >= 11 is 0. The van der Waals surface area contributed by atoms with Gasteiger partial charge in [-0.2, -0.15) is 0 Å². The van der Waals surface area contributed by atoms with Crippen molar-refractivity contribution in [3.05, 3.63) is 0 Å². The molecule has 2 unspecified atom stereocenters. The van der Waals surface area contributed by atoms with Crippen LogP contribution in [-0.4, -0.2) is 48.1 Å². The van der Waals surface area contributed by atoms with Gasteiger partial charge in [-0.05, 0) is 20.3 Å². The Morgan fingerprint density at radius 3 is 2.42 bits per heavy atom. The number of carbonyl (C=O) groups is 2. The van der Waals surface area contributed by atoms with E-state index in [0.717, 1.165) is 12.8 Å². The van der Waals surface area contributed by atoms with Gasteiger partial charge in [-0.3, -0.25) is 9.59 Å². The van der Waals surface area contributed by atoms with Crippen LogP contribution in [0.2, 0.25) is 0 Å². The average Bonchev–Trinajstić information content (AvgIpc) is 2.34. The standard InChI is InChI=1S/C13H24O6/c1-4-6-7-18-9-10(14)8-13(3,11(15)16)12(17)19-5-2/h10,14H,4-9H2,1-3H3,(H,15,16). The number of ether oxygens (including phenoxy) is 2. The van der Waals surface area contributed by atoms with Crippen molar-refractivity contribution in [2.75, 3.05) is 19.8 Å². The van der Waals surface area contributed by atoms with E-state index in [2.05, 4.69) is 0 Å². The van der Waals surface area contributed by atoms with E-state index in [1.807, 2.05) is 6.92 Å². The third kappa shape index (κ3) is 6.02. The lowest BCUT2D eigenvalue weighted by Crippen LogP contribution is -2.41. The maximum atomic E-state index is 11.7. The number of aliphatic hydroxyl groups excluding tert-OH is 1. The highest BCUT2D eigenvalue weighted by Gasteiger charge is 2.44. The van der Waals surface area contributed by atoms with Crippen molar-refractivity contribution in [1.29, 1.82) is 0 Å². The molecule has 2 atom stereocenters. The van der Waals surface area contributed by atoms with Crippen LogP contribution in [-0.2, 0) is 19.1 Å². The molecule has 0 aliphatic carbocycles. The Hall–Kier alpha value is -1.14. The number of carbonyl (C=O) groups excluding carboxylic acids is 1. The number of rotatable bonds is 10. The number of unbranched alkanes of at least 4 members (excludes halogenated alkanes) is 1. The summed E-state index contributed by atoms with van der Waals surface area (Å²) in [6, 6.07) is 0. The second-order valence-corrected chi connectivity index (χ2v) is 4.64. The van der Waals surface area contributed by atoms with Crippen molar-refractivity contribution in [2.45, 2.75) is 46.1 Å². The molecule has 6 heteroatoms. The minimum Gasteiger partial charge on any atom is -0.480 e.